The summed E-state index contributed by atoms with van der Waals surface area (Å²) in [4.78, 5) is 2.56. The van der Waals surface area contributed by atoms with Crippen LogP contribution >= 0.6 is 0 Å². The normalized spacial score (nSPS) is 16.6. The average molecular weight is 375 g/mol. The van der Waals surface area contributed by atoms with Crippen LogP contribution in [-0.2, 0) is 16.6 Å². The predicted molar refractivity (Wildman–Crippen MR) is 103 cm³/mol. The minimum Gasteiger partial charge on any atom is -0.495 e. The van der Waals surface area contributed by atoms with Gasteiger partial charge in [0, 0.05) is 32.7 Å². The summed E-state index contributed by atoms with van der Waals surface area (Å²) in [5, 5.41) is 0. The molecule has 6 heteroatoms. The highest BCUT2D eigenvalue weighted by Gasteiger charge is 2.31. The number of ether oxygens (including phenoxy) is 1. The monoisotopic (exact) mass is 374 g/mol. The van der Waals surface area contributed by atoms with Crippen molar-refractivity contribution >= 4 is 10.0 Å². The van der Waals surface area contributed by atoms with Crippen molar-refractivity contribution in [3.05, 3.63) is 59.2 Å². The molecule has 26 heavy (non-hydrogen) atoms. The Balaban J connectivity index is 1.71. The second-order valence-corrected chi connectivity index (χ2v) is 8.67. The Morgan fingerprint density at radius 1 is 1.00 bits per heavy atom. The quantitative estimate of drug-likeness (QED) is 0.808. The van der Waals surface area contributed by atoms with Crippen LogP contribution in [-0.4, -0.2) is 50.9 Å². The number of methoxy groups -OCH3 is 1. The highest BCUT2D eigenvalue weighted by Crippen LogP contribution is 2.28. The molecular weight excluding hydrogens is 348 g/mol. The molecule has 0 aliphatic carbocycles. The van der Waals surface area contributed by atoms with E-state index in [9.17, 15) is 8.42 Å². The maximum Gasteiger partial charge on any atom is 0.246 e. The lowest BCUT2D eigenvalue weighted by Crippen LogP contribution is -2.48. The third-order valence-corrected chi connectivity index (χ3v) is 6.84. The third kappa shape index (κ3) is 3.92. The molecule has 0 aromatic heterocycles. The second-order valence-electron chi connectivity index (χ2n) is 6.76. The van der Waals surface area contributed by atoms with Crippen molar-refractivity contribution in [1.29, 1.82) is 0 Å². The molecule has 0 N–H and O–H groups in total. The Morgan fingerprint density at radius 2 is 1.69 bits per heavy atom. The maximum atomic E-state index is 13.1. The van der Waals surface area contributed by atoms with Crippen LogP contribution in [0.4, 0.5) is 0 Å². The lowest BCUT2D eigenvalue weighted by molar-refractivity contribution is 0.181. The van der Waals surface area contributed by atoms with Gasteiger partial charge in [-0.2, -0.15) is 4.31 Å². The molecular formula is C20H26N2O3S. The van der Waals surface area contributed by atoms with Crippen molar-refractivity contribution < 1.29 is 13.2 Å². The zero-order valence-electron chi connectivity index (χ0n) is 15.6. The lowest BCUT2D eigenvalue weighted by atomic mass is 10.1. The fraction of sp³-hybridized carbons (Fsp3) is 0.400. The highest BCUT2D eigenvalue weighted by molar-refractivity contribution is 7.89. The summed E-state index contributed by atoms with van der Waals surface area (Å²) in [6.45, 7) is 7.28. The van der Waals surface area contributed by atoms with E-state index in [0.717, 1.165) is 25.2 Å². The summed E-state index contributed by atoms with van der Waals surface area (Å²) in [6, 6.07) is 13.6. The molecule has 1 fully saturated rings. The molecule has 1 aliphatic heterocycles. The third-order valence-electron chi connectivity index (χ3n) is 4.92. The van der Waals surface area contributed by atoms with Crippen LogP contribution in [0, 0.1) is 13.8 Å². The van der Waals surface area contributed by atoms with Gasteiger partial charge in [-0.1, -0.05) is 30.3 Å². The van der Waals surface area contributed by atoms with Crippen LogP contribution < -0.4 is 4.74 Å². The van der Waals surface area contributed by atoms with Gasteiger partial charge >= 0.3 is 0 Å². The smallest absolute Gasteiger partial charge is 0.246 e. The van der Waals surface area contributed by atoms with Gasteiger partial charge in [-0.3, -0.25) is 4.90 Å². The molecule has 0 amide bonds. The number of benzene rings is 2. The van der Waals surface area contributed by atoms with Crippen molar-refractivity contribution in [1.82, 2.24) is 9.21 Å². The first-order valence-electron chi connectivity index (χ1n) is 8.83. The van der Waals surface area contributed by atoms with E-state index in [4.69, 9.17) is 4.74 Å². The summed E-state index contributed by atoms with van der Waals surface area (Å²) in [7, 11) is -2.05. The molecule has 1 heterocycles. The maximum absolute atomic E-state index is 13.1. The zero-order chi connectivity index (χ0) is 18.7. The summed E-state index contributed by atoms with van der Waals surface area (Å²) in [5.74, 6) is 0.401. The first kappa shape index (κ1) is 18.9. The minimum absolute atomic E-state index is 0.257. The Labute approximate surface area is 156 Å². The number of sulfonamides is 1. The van der Waals surface area contributed by atoms with Gasteiger partial charge in [0.05, 0.1) is 7.11 Å². The van der Waals surface area contributed by atoms with E-state index < -0.39 is 10.0 Å². The van der Waals surface area contributed by atoms with Gasteiger partial charge in [-0.15, -0.1) is 0 Å². The van der Waals surface area contributed by atoms with Crippen molar-refractivity contribution in [2.45, 2.75) is 25.3 Å². The van der Waals surface area contributed by atoms with Crippen molar-refractivity contribution in [2.24, 2.45) is 0 Å². The number of rotatable bonds is 5. The number of hydrogen-bond acceptors (Lipinski definition) is 4. The van der Waals surface area contributed by atoms with E-state index in [-0.39, 0.29) is 4.90 Å². The van der Waals surface area contributed by atoms with Gasteiger partial charge in [-0.25, -0.2) is 8.42 Å². The highest BCUT2D eigenvalue weighted by atomic mass is 32.2. The Hall–Kier alpha value is -1.89. The molecule has 140 valence electrons. The van der Waals surface area contributed by atoms with E-state index in [0.29, 0.717) is 18.8 Å². The molecule has 0 bridgehead atoms. The molecule has 1 aliphatic rings. The number of piperazine rings is 1. The van der Waals surface area contributed by atoms with Gasteiger partial charge in [0.15, 0.2) is 0 Å². The van der Waals surface area contributed by atoms with Crippen LogP contribution in [0.1, 0.15) is 16.7 Å². The lowest BCUT2D eigenvalue weighted by Gasteiger charge is -2.34. The molecule has 0 saturated carbocycles. The van der Waals surface area contributed by atoms with Gasteiger partial charge in [0.1, 0.15) is 10.6 Å². The molecule has 2 aromatic rings. The zero-order valence-corrected chi connectivity index (χ0v) is 16.4. The standard InChI is InChI=1S/C20H26N2O3S/c1-16-8-9-19(25-3)20(14-16)26(23,24)22-12-10-21(11-13-22)15-18-7-5-4-6-17(18)2/h4-9,14H,10-13,15H2,1-3H3. The van der Waals surface area contributed by atoms with Crippen molar-refractivity contribution in [2.75, 3.05) is 33.3 Å². The number of nitrogens with zero attached hydrogens (tertiary/aromatic N) is 2. The molecule has 0 spiro atoms. The second kappa shape index (κ2) is 7.78. The van der Waals surface area contributed by atoms with Gasteiger partial charge < -0.3 is 4.74 Å². The fourth-order valence-electron chi connectivity index (χ4n) is 3.28. The molecule has 5 nitrogen and oxygen atoms in total. The summed E-state index contributed by atoms with van der Waals surface area (Å²) < 4.78 is 33.0. The van der Waals surface area contributed by atoms with Crippen LogP contribution in [0.15, 0.2) is 47.4 Å². The van der Waals surface area contributed by atoms with Crippen LogP contribution in [0.25, 0.3) is 0 Å². The van der Waals surface area contributed by atoms with E-state index in [1.54, 1.807) is 16.4 Å². The Morgan fingerprint density at radius 3 is 2.35 bits per heavy atom. The molecule has 0 unspecified atom stereocenters. The minimum atomic E-state index is -3.55. The molecule has 2 aromatic carbocycles. The van der Waals surface area contributed by atoms with Crippen LogP contribution in [0.3, 0.4) is 0 Å². The van der Waals surface area contributed by atoms with Crippen LogP contribution in [0.5, 0.6) is 5.75 Å². The fourth-order valence-corrected chi connectivity index (χ4v) is 4.94. The SMILES string of the molecule is COc1ccc(C)cc1S(=O)(=O)N1CCN(Cc2ccccc2C)CC1. The summed E-state index contributed by atoms with van der Waals surface area (Å²) >= 11 is 0. The Bertz CT molecular complexity index is 872. The van der Waals surface area contributed by atoms with Gasteiger partial charge in [0.2, 0.25) is 10.0 Å². The molecule has 3 rings (SSSR count). The summed E-state index contributed by atoms with van der Waals surface area (Å²) in [5.41, 5.74) is 3.47. The predicted octanol–water partition coefficient (Wildman–Crippen LogP) is 2.82. The molecule has 1 saturated heterocycles. The first-order valence-corrected chi connectivity index (χ1v) is 10.3. The van der Waals surface area contributed by atoms with Crippen molar-refractivity contribution in [3.63, 3.8) is 0 Å². The van der Waals surface area contributed by atoms with Crippen LogP contribution in [0.2, 0.25) is 0 Å². The van der Waals surface area contributed by atoms with Gasteiger partial charge in [-0.05, 0) is 42.7 Å². The topological polar surface area (TPSA) is 49.9 Å². The van der Waals surface area contributed by atoms with E-state index >= 15 is 0 Å². The average Bonchev–Trinajstić information content (AvgIpc) is 2.64. The van der Waals surface area contributed by atoms with Gasteiger partial charge in [0.25, 0.3) is 0 Å². The van der Waals surface area contributed by atoms with E-state index in [1.165, 1.54) is 18.2 Å². The van der Waals surface area contributed by atoms with E-state index in [1.807, 2.05) is 25.1 Å². The Kier molecular flexibility index (Phi) is 5.65. The largest absolute Gasteiger partial charge is 0.495 e. The van der Waals surface area contributed by atoms with Crippen molar-refractivity contribution in [3.8, 4) is 5.75 Å². The number of hydrogen-bond donors (Lipinski definition) is 0. The first-order chi connectivity index (χ1) is 12.4. The summed E-state index contributed by atoms with van der Waals surface area (Å²) in [6.07, 6.45) is 0. The van der Waals surface area contributed by atoms with E-state index in [2.05, 4.69) is 24.0 Å². The number of aryl methyl sites for hydroxylation is 2. The molecule has 0 atom stereocenters. The molecule has 0 radical (unpaired) electrons.